The molecule has 1 aliphatic heterocycles. The lowest BCUT2D eigenvalue weighted by molar-refractivity contribution is 0.101. The van der Waals surface area contributed by atoms with Crippen molar-refractivity contribution < 1.29 is 18.0 Å². The van der Waals surface area contributed by atoms with E-state index in [1.54, 1.807) is 0 Å². The molecule has 0 radical (unpaired) electrons. The maximum Gasteiger partial charge on any atom is 0.257 e. The molecule has 0 unspecified atom stereocenters. The van der Waals surface area contributed by atoms with Gasteiger partial charge in [-0.05, 0) is 37.1 Å². The number of amides is 1. The maximum absolute atomic E-state index is 12.8. The Morgan fingerprint density at radius 2 is 1.62 bits per heavy atom. The highest BCUT2D eigenvalue weighted by Gasteiger charge is 2.26. The number of ketones is 1. The fourth-order valence-electron chi connectivity index (χ4n) is 3.61. The Balaban J connectivity index is 1.53. The zero-order chi connectivity index (χ0) is 22.7. The summed E-state index contributed by atoms with van der Waals surface area (Å²) in [5.41, 5.74) is 1.63. The molecule has 7 nitrogen and oxygen atoms in total. The van der Waals surface area contributed by atoms with E-state index >= 15 is 0 Å². The zero-order valence-corrected chi connectivity index (χ0v) is 19.2. The molecule has 3 aromatic rings. The van der Waals surface area contributed by atoms with E-state index in [0.29, 0.717) is 34.4 Å². The van der Waals surface area contributed by atoms with E-state index in [0.717, 1.165) is 36.2 Å². The van der Waals surface area contributed by atoms with Crippen molar-refractivity contribution in [1.29, 1.82) is 0 Å². The topological polar surface area (TPSA) is 96.4 Å². The minimum absolute atomic E-state index is 0.130. The molecule has 9 heteroatoms. The Labute approximate surface area is 191 Å². The van der Waals surface area contributed by atoms with Gasteiger partial charge in [0.1, 0.15) is 0 Å². The number of hydrogen-bond acceptors (Lipinski definition) is 6. The number of nitrogens with one attached hydrogen (secondary N) is 1. The molecule has 1 aliphatic rings. The summed E-state index contributed by atoms with van der Waals surface area (Å²) in [6.07, 6.45) is 2.76. The van der Waals surface area contributed by atoms with Crippen LogP contribution in [0.2, 0.25) is 0 Å². The highest BCUT2D eigenvalue weighted by atomic mass is 32.2. The van der Waals surface area contributed by atoms with Gasteiger partial charge in [0, 0.05) is 31.1 Å². The largest absolute Gasteiger partial charge is 0.298 e. The maximum atomic E-state index is 12.8. The average molecular weight is 470 g/mol. The van der Waals surface area contributed by atoms with Gasteiger partial charge >= 0.3 is 0 Å². The fraction of sp³-hybridized carbons (Fsp3) is 0.261. The first-order valence-electron chi connectivity index (χ1n) is 10.3. The third kappa shape index (κ3) is 4.64. The molecule has 4 rings (SSSR count). The van der Waals surface area contributed by atoms with Gasteiger partial charge in [-0.15, -0.1) is 0 Å². The van der Waals surface area contributed by atoms with Crippen LogP contribution in [0.3, 0.4) is 0 Å². The van der Waals surface area contributed by atoms with E-state index in [2.05, 4.69) is 10.3 Å². The third-order valence-corrected chi connectivity index (χ3v) is 8.27. The standard InChI is InChI=1S/C23H23N3O4S2/c1-16(27)21-20(17-8-4-2-5-9-17)24-23(31-21)25-22(28)18-10-12-19(13-11-18)32(29,30)26-14-6-3-7-15-26/h2,4-5,8-13H,3,6-7,14-15H2,1H3,(H,24,25,28). The minimum Gasteiger partial charge on any atom is -0.298 e. The smallest absolute Gasteiger partial charge is 0.257 e. The van der Waals surface area contributed by atoms with Gasteiger partial charge in [0.2, 0.25) is 10.0 Å². The van der Waals surface area contributed by atoms with Crippen molar-refractivity contribution in [2.45, 2.75) is 31.1 Å². The van der Waals surface area contributed by atoms with Crippen molar-refractivity contribution in [3.05, 3.63) is 65.0 Å². The number of aromatic nitrogens is 1. The Bertz CT molecular complexity index is 1230. The molecule has 32 heavy (non-hydrogen) atoms. The van der Waals surface area contributed by atoms with Crippen LogP contribution >= 0.6 is 11.3 Å². The normalized spacial score (nSPS) is 14.8. The number of sulfonamides is 1. The summed E-state index contributed by atoms with van der Waals surface area (Å²) in [4.78, 5) is 29.9. The number of anilines is 1. The highest BCUT2D eigenvalue weighted by Crippen LogP contribution is 2.32. The van der Waals surface area contributed by atoms with E-state index in [4.69, 9.17) is 0 Å². The molecule has 166 valence electrons. The van der Waals surface area contributed by atoms with Gasteiger partial charge in [-0.3, -0.25) is 14.9 Å². The third-order valence-electron chi connectivity index (χ3n) is 5.28. The number of rotatable bonds is 6. The average Bonchev–Trinajstić information content (AvgIpc) is 3.24. The molecule has 1 N–H and O–H groups in total. The number of piperidine rings is 1. The number of Topliss-reactive ketones (excluding diaryl/α,β-unsaturated/α-hetero) is 1. The summed E-state index contributed by atoms with van der Waals surface area (Å²) >= 11 is 1.12. The Morgan fingerprint density at radius 3 is 2.25 bits per heavy atom. The molecule has 0 aliphatic carbocycles. The minimum atomic E-state index is -3.55. The first kappa shape index (κ1) is 22.3. The van der Waals surface area contributed by atoms with Crippen molar-refractivity contribution in [2.75, 3.05) is 18.4 Å². The van der Waals surface area contributed by atoms with Gasteiger partial charge in [0.05, 0.1) is 15.5 Å². The van der Waals surface area contributed by atoms with Crippen molar-refractivity contribution in [2.24, 2.45) is 0 Å². The van der Waals surface area contributed by atoms with Crippen molar-refractivity contribution >= 4 is 38.2 Å². The Morgan fingerprint density at radius 1 is 0.969 bits per heavy atom. The number of carbonyl (C=O) groups is 2. The molecule has 0 spiro atoms. The van der Waals surface area contributed by atoms with Crippen LogP contribution in [0, 0.1) is 0 Å². The van der Waals surface area contributed by atoms with Gasteiger partial charge in [-0.25, -0.2) is 13.4 Å². The van der Waals surface area contributed by atoms with Crippen LogP contribution in [0.25, 0.3) is 11.3 Å². The van der Waals surface area contributed by atoms with Crippen LogP contribution in [0.15, 0.2) is 59.5 Å². The second kappa shape index (κ2) is 9.32. The predicted molar refractivity (Wildman–Crippen MR) is 125 cm³/mol. The second-order valence-electron chi connectivity index (χ2n) is 7.56. The van der Waals surface area contributed by atoms with Crippen molar-refractivity contribution in [1.82, 2.24) is 9.29 Å². The molecular formula is C23H23N3O4S2. The van der Waals surface area contributed by atoms with E-state index in [1.165, 1.54) is 35.5 Å². The lowest BCUT2D eigenvalue weighted by Crippen LogP contribution is -2.35. The SMILES string of the molecule is CC(=O)c1sc(NC(=O)c2ccc(S(=O)(=O)N3CCCCC3)cc2)nc1-c1ccccc1. The number of hydrogen-bond donors (Lipinski definition) is 1. The summed E-state index contributed by atoms with van der Waals surface area (Å²) in [6.45, 7) is 2.51. The summed E-state index contributed by atoms with van der Waals surface area (Å²) in [7, 11) is -3.55. The summed E-state index contributed by atoms with van der Waals surface area (Å²) in [6, 6.07) is 15.2. The molecule has 1 fully saturated rings. The molecule has 0 bridgehead atoms. The summed E-state index contributed by atoms with van der Waals surface area (Å²) in [5.74, 6) is -0.551. The van der Waals surface area contributed by atoms with Gasteiger partial charge in [0.15, 0.2) is 10.9 Å². The molecule has 1 amide bonds. The number of thiazole rings is 1. The van der Waals surface area contributed by atoms with Gasteiger partial charge in [-0.2, -0.15) is 4.31 Å². The summed E-state index contributed by atoms with van der Waals surface area (Å²) < 4.78 is 27.1. The fourth-order valence-corrected chi connectivity index (χ4v) is 6.00. The first-order valence-corrected chi connectivity index (χ1v) is 12.6. The van der Waals surface area contributed by atoms with Crippen LogP contribution in [0.4, 0.5) is 5.13 Å². The molecule has 2 aromatic carbocycles. The lowest BCUT2D eigenvalue weighted by atomic mass is 10.1. The van der Waals surface area contributed by atoms with Crippen LogP contribution in [0.5, 0.6) is 0 Å². The Kier molecular flexibility index (Phi) is 6.50. The zero-order valence-electron chi connectivity index (χ0n) is 17.6. The van der Waals surface area contributed by atoms with E-state index in [1.807, 2.05) is 30.3 Å². The quantitative estimate of drug-likeness (QED) is 0.539. The lowest BCUT2D eigenvalue weighted by Gasteiger charge is -2.25. The highest BCUT2D eigenvalue weighted by molar-refractivity contribution is 7.89. The second-order valence-corrected chi connectivity index (χ2v) is 10.5. The molecule has 0 atom stereocenters. The van der Waals surface area contributed by atoms with Gasteiger partial charge in [0.25, 0.3) is 5.91 Å². The Hall–Kier alpha value is -2.88. The van der Waals surface area contributed by atoms with E-state index in [9.17, 15) is 18.0 Å². The van der Waals surface area contributed by atoms with Gasteiger partial charge < -0.3 is 0 Å². The van der Waals surface area contributed by atoms with Crippen molar-refractivity contribution in [3.63, 3.8) is 0 Å². The van der Waals surface area contributed by atoms with Crippen LogP contribution in [-0.2, 0) is 10.0 Å². The van der Waals surface area contributed by atoms with Crippen molar-refractivity contribution in [3.8, 4) is 11.3 Å². The monoisotopic (exact) mass is 469 g/mol. The van der Waals surface area contributed by atoms with E-state index in [-0.39, 0.29) is 10.7 Å². The van der Waals surface area contributed by atoms with Crippen LogP contribution < -0.4 is 5.32 Å². The molecular weight excluding hydrogens is 446 g/mol. The molecule has 2 heterocycles. The molecule has 1 saturated heterocycles. The van der Waals surface area contributed by atoms with Crippen LogP contribution in [0.1, 0.15) is 46.2 Å². The van der Waals surface area contributed by atoms with E-state index < -0.39 is 15.9 Å². The molecule has 1 aromatic heterocycles. The van der Waals surface area contributed by atoms with Crippen LogP contribution in [-0.4, -0.2) is 42.5 Å². The first-order chi connectivity index (χ1) is 15.4. The predicted octanol–water partition coefficient (Wildman–Crippen LogP) is 4.44. The summed E-state index contributed by atoms with van der Waals surface area (Å²) in [5, 5.41) is 3.03. The number of carbonyl (C=O) groups excluding carboxylic acids is 2. The number of benzene rings is 2. The van der Waals surface area contributed by atoms with Gasteiger partial charge in [-0.1, -0.05) is 48.1 Å². The number of nitrogens with zero attached hydrogens (tertiary/aromatic N) is 2. The molecule has 0 saturated carbocycles.